The Kier molecular flexibility index (Phi) is 7.57. The van der Waals surface area contributed by atoms with Crippen molar-refractivity contribution >= 4 is 73.8 Å². The molecule has 8 rings (SSSR count). The van der Waals surface area contributed by atoms with Crippen LogP contribution in [0.4, 0.5) is 17.1 Å². The van der Waals surface area contributed by atoms with Gasteiger partial charge >= 0.3 is 4.87 Å². The van der Waals surface area contributed by atoms with Crippen LogP contribution >= 0.6 is 39.0 Å². The van der Waals surface area contributed by atoms with Gasteiger partial charge in [-0.1, -0.05) is 39.4 Å². The van der Waals surface area contributed by atoms with Crippen LogP contribution in [-0.4, -0.2) is 39.5 Å². The van der Waals surface area contributed by atoms with Gasteiger partial charge in [0.1, 0.15) is 5.75 Å². The van der Waals surface area contributed by atoms with Crippen molar-refractivity contribution in [3.8, 4) is 5.75 Å². The van der Waals surface area contributed by atoms with Crippen molar-refractivity contribution in [3.05, 3.63) is 107 Å². The zero-order valence-corrected chi connectivity index (χ0v) is 28.5. The van der Waals surface area contributed by atoms with Crippen LogP contribution in [0.5, 0.6) is 5.75 Å². The average Bonchev–Trinajstić information content (AvgIpc) is 3.79. The number of hydrogen-bond acceptors (Lipinski definition) is 9. The SMILES string of the molecule is Cc1cccc(NC(=O)COc2ccc(Br)cc2[C@H]2c3sc(=O)[nH]c3SC3C4CC(C5C(=O)N(c6ccc([N+](=O)[O-])cc6)C(=O)C45)C32)c1. The lowest BCUT2D eigenvalue weighted by Gasteiger charge is -2.43. The number of hydrogen-bond donors (Lipinski definition) is 2. The molecule has 2 bridgehead atoms. The van der Waals surface area contributed by atoms with Crippen molar-refractivity contribution in [1.82, 2.24) is 4.98 Å². The number of thioether (sulfide) groups is 1. The summed E-state index contributed by atoms with van der Waals surface area (Å²) < 4.78 is 6.98. The van der Waals surface area contributed by atoms with Crippen LogP contribution in [0.1, 0.15) is 28.3 Å². The number of non-ortho nitro benzene ring substituents is 1. The van der Waals surface area contributed by atoms with E-state index in [4.69, 9.17) is 4.74 Å². The van der Waals surface area contributed by atoms with Crippen molar-refractivity contribution in [1.29, 1.82) is 0 Å². The quantitative estimate of drug-likeness (QED) is 0.131. The van der Waals surface area contributed by atoms with E-state index in [2.05, 4.69) is 26.2 Å². The van der Waals surface area contributed by atoms with Crippen LogP contribution in [0, 0.1) is 46.6 Å². The second-order valence-electron chi connectivity index (χ2n) is 12.6. The highest BCUT2D eigenvalue weighted by Gasteiger charge is 2.70. The number of aryl methyl sites for hydroxylation is 1. The molecule has 3 amide bonds. The lowest BCUT2D eigenvalue weighted by molar-refractivity contribution is -0.384. The molecule has 1 aromatic heterocycles. The van der Waals surface area contributed by atoms with Crippen molar-refractivity contribution < 1.29 is 24.0 Å². The highest BCUT2D eigenvalue weighted by Crippen LogP contribution is 2.69. The maximum absolute atomic E-state index is 14.1. The minimum absolute atomic E-state index is 0.0518. The third-order valence-electron chi connectivity index (χ3n) is 10.0. The van der Waals surface area contributed by atoms with Gasteiger partial charge in [-0.15, -0.1) is 11.8 Å². The normalized spacial score (nSPS) is 26.6. The summed E-state index contributed by atoms with van der Waals surface area (Å²) in [6, 6.07) is 18.6. The fourth-order valence-corrected chi connectivity index (χ4v) is 11.6. The van der Waals surface area contributed by atoms with E-state index in [-0.39, 0.29) is 63.8 Å². The number of anilines is 2. The highest BCUT2D eigenvalue weighted by molar-refractivity contribution is 9.10. The first-order valence-electron chi connectivity index (χ1n) is 15.4. The molecule has 7 atom stereocenters. The van der Waals surface area contributed by atoms with Gasteiger partial charge in [-0.05, 0) is 79.1 Å². The molecule has 48 heavy (non-hydrogen) atoms. The van der Waals surface area contributed by atoms with Crippen molar-refractivity contribution in [2.75, 3.05) is 16.8 Å². The first kappa shape index (κ1) is 31.0. The molecule has 6 unspecified atom stereocenters. The van der Waals surface area contributed by atoms with Gasteiger partial charge in [0.2, 0.25) is 11.8 Å². The number of halogens is 1. The molecule has 2 N–H and O–H groups in total. The lowest BCUT2D eigenvalue weighted by atomic mass is 9.68. The summed E-state index contributed by atoms with van der Waals surface area (Å²) in [7, 11) is 0. The second-order valence-corrected chi connectivity index (χ2v) is 15.8. The summed E-state index contributed by atoms with van der Waals surface area (Å²) in [6.07, 6.45) is 0.696. The highest BCUT2D eigenvalue weighted by atomic mass is 79.9. The molecule has 3 aromatic carbocycles. The van der Waals surface area contributed by atoms with Crippen LogP contribution in [0.3, 0.4) is 0 Å². The number of aromatic nitrogens is 1. The smallest absolute Gasteiger partial charge is 0.305 e. The van der Waals surface area contributed by atoms with Crippen molar-refractivity contribution in [3.63, 3.8) is 0 Å². The zero-order chi connectivity index (χ0) is 33.4. The Morgan fingerprint density at radius 2 is 1.81 bits per heavy atom. The number of thiazole rings is 1. The van der Waals surface area contributed by atoms with E-state index in [0.717, 1.165) is 36.8 Å². The Morgan fingerprint density at radius 3 is 2.54 bits per heavy atom. The number of amides is 3. The van der Waals surface area contributed by atoms with E-state index in [9.17, 15) is 29.3 Å². The van der Waals surface area contributed by atoms with Gasteiger partial charge in [0.25, 0.3) is 11.6 Å². The Bertz CT molecular complexity index is 2080. The summed E-state index contributed by atoms with van der Waals surface area (Å²) in [5, 5.41) is 14.8. The van der Waals surface area contributed by atoms with Gasteiger partial charge in [-0.25, -0.2) is 0 Å². The average molecular weight is 748 g/mol. The molecular weight excluding hydrogens is 720 g/mol. The van der Waals surface area contributed by atoms with Crippen LogP contribution < -0.4 is 19.8 Å². The number of carbonyl (C=O) groups is 3. The zero-order valence-electron chi connectivity index (χ0n) is 25.3. The van der Waals surface area contributed by atoms with Gasteiger partial charge in [0.15, 0.2) is 6.61 Å². The number of ether oxygens (including phenoxy) is 1. The van der Waals surface area contributed by atoms with Crippen LogP contribution in [-0.2, 0) is 14.4 Å². The number of benzene rings is 3. The molecular formula is C34H27BrN4O7S2. The molecule has 244 valence electrons. The fourth-order valence-electron chi connectivity index (χ4n) is 8.30. The molecule has 4 aromatic rings. The molecule has 2 aliphatic carbocycles. The van der Waals surface area contributed by atoms with Crippen molar-refractivity contribution in [2.45, 2.75) is 29.5 Å². The minimum atomic E-state index is -0.545. The Hall–Kier alpha value is -4.27. The monoisotopic (exact) mass is 746 g/mol. The lowest BCUT2D eigenvalue weighted by Crippen LogP contribution is -2.42. The van der Waals surface area contributed by atoms with Gasteiger partial charge in [0, 0.05) is 43.9 Å². The molecule has 4 aliphatic rings. The maximum Gasteiger partial charge on any atom is 0.305 e. The number of carbonyl (C=O) groups excluding carboxylic acids is 3. The summed E-state index contributed by atoms with van der Waals surface area (Å²) in [5.74, 6) is -2.12. The maximum atomic E-state index is 14.1. The number of nitrogens with zero attached hydrogens (tertiary/aromatic N) is 2. The number of nitro benzene ring substituents is 1. The largest absolute Gasteiger partial charge is 0.483 e. The minimum Gasteiger partial charge on any atom is -0.483 e. The summed E-state index contributed by atoms with van der Waals surface area (Å²) >= 11 is 6.33. The molecule has 1 saturated heterocycles. The first-order valence-corrected chi connectivity index (χ1v) is 17.9. The number of rotatable bonds is 7. The number of fused-ring (bicyclic) bond motifs is 9. The molecule has 3 heterocycles. The Morgan fingerprint density at radius 1 is 1.06 bits per heavy atom. The summed E-state index contributed by atoms with van der Waals surface area (Å²) in [5.41, 5.74) is 2.69. The van der Waals surface area contributed by atoms with Gasteiger partial charge < -0.3 is 15.0 Å². The molecule has 2 saturated carbocycles. The molecule has 2 aliphatic heterocycles. The topological polar surface area (TPSA) is 152 Å². The Labute approximate surface area is 290 Å². The van der Waals surface area contributed by atoms with E-state index in [0.29, 0.717) is 23.5 Å². The predicted molar refractivity (Wildman–Crippen MR) is 184 cm³/mol. The third-order valence-corrected chi connectivity index (χ3v) is 13.1. The van der Waals surface area contributed by atoms with Crippen LogP contribution in [0.25, 0.3) is 0 Å². The predicted octanol–water partition coefficient (Wildman–Crippen LogP) is 6.11. The third kappa shape index (κ3) is 4.99. The van der Waals surface area contributed by atoms with E-state index in [1.165, 1.54) is 29.2 Å². The molecule has 0 radical (unpaired) electrons. The number of H-pyrrole nitrogens is 1. The van der Waals surface area contributed by atoms with Crippen LogP contribution in [0.2, 0.25) is 0 Å². The number of imide groups is 1. The second kappa shape index (κ2) is 11.7. The number of nitrogens with one attached hydrogen (secondary N) is 2. The standard InChI is InChI=1S/C34H27BrN4O7S2/c1-15-3-2-4-17(11-15)36-24(40)14-46-23-10-5-16(35)12-20(23)25-26-21-13-22(29(26)47-31-30(25)48-34(43)37-31)28-27(21)32(41)38(33(28)42)18-6-8-19(9-7-18)39(44)45/h2-12,21-22,25-29H,13-14H2,1H3,(H,36,40)(H,37,43)/t21?,22?,25-,26?,27?,28?,29?/m1/s1. The van der Waals surface area contributed by atoms with E-state index < -0.39 is 16.8 Å². The number of nitro groups is 1. The van der Waals surface area contributed by atoms with Gasteiger partial charge in [-0.3, -0.25) is 34.2 Å². The van der Waals surface area contributed by atoms with Gasteiger partial charge in [0.05, 0.1) is 27.5 Å². The van der Waals surface area contributed by atoms with E-state index in [1.54, 1.807) is 11.8 Å². The van der Waals surface area contributed by atoms with Crippen LogP contribution in [0.15, 0.2) is 81.0 Å². The molecule has 11 nitrogen and oxygen atoms in total. The van der Waals surface area contributed by atoms with Gasteiger partial charge in [-0.2, -0.15) is 0 Å². The number of aromatic amines is 1. The first-order chi connectivity index (χ1) is 23.1. The molecule has 14 heteroatoms. The fraction of sp³-hybridized carbons (Fsp3) is 0.294. The summed E-state index contributed by atoms with van der Waals surface area (Å²) in [6.45, 7) is 1.71. The molecule has 3 fully saturated rings. The van der Waals surface area contributed by atoms with E-state index in [1.807, 2.05) is 49.4 Å². The summed E-state index contributed by atoms with van der Waals surface area (Å²) in [4.78, 5) is 69.3. The van der Waals surface area contributed by atoms with Crippen molar-refractivity contribution in [2.24, 2.45) is 29.6 Å². The van der Waals surface area contributed by atoms with E-state index >= 15 is 0 Å². The Balaban J connectivity index is 1.13. The molecule has 0 spiro atoms.